The van der Waals surface area contributed by atoms with Gasteiger partial charge in [-0.2, -0.15) is 5.01 Å². The number of rotatable bonds is 8. The molecule has 200 valence electrons. The quantitative estimate of drug-likeness (QED) is 0.130. The predicted molar refractivity (Wildman–Crippen MR) is 143 cm³/mol. The molecule has 0 unspecified atom stereocenters. The molecule has 1 heterocycles. The maximum absolute atomic E-state index is 13.9. The van der Waals surface area contributed by atoms with Crippen molar-refractivity contribution in [1.29, 1.82) is 0 Å². The third-order valence-corrected chi connectivity index (χ3v) is 9.70. The van der Waals surface area contributed by atoms with Crippen molar-refractivity contribution in [3.05, 3.63) is 75.6 Å². The van der Waals surface area contributed by atoms with Crippen LogP contribution in [0, 0.1) is 27.8 Å². The van der Waals surface area contributed by atoms with Crippen molar-refractivity contribution in [1.82, 2.24) is 10.0 Å². The third kappa shape index (κ3) is 5.39. The number of amides is 3. The molecule has 38 heavy (non-hydrogen) atoms. The molecule has 2 fully saturated rings. The summed E-state index contributed by atoms with van der Waals surface area (Å²) in [5.74, 6) is -4.84. The highest BCUT2D eigenvalue weighted by atomic mass is 79.9. The number of hydrazine groups is 1. The fraction of sp³-hybridized carbons (Fsp3) is 0.360. The molecule has 1 saturated heterocycles. The number of nitro groups is 1. The fourth-order valence-corrected chi connectivity index (χ4v) is 6.24. The number of nitro benzene ring substituents is 1. The minimum Gasteiger partial charge on any atom is -0.292 e. The zero-order chi connectivity index (χ0) is 27.7. The van der Waals surface area contributed by atoms with Gasteiger partial charge in [-0.25, -0.2) is 9.40 Å². The van der Waals surface area contributed by atoms with Crippen LogP contribution >= 0.6 is 43.5 Å². The van der Waals surface area contributed by atoms with Gasteiger partial charge in [-0.05, 0) is 55.7 Å². The Kier molecular flexibility index (Phi) is 8.63. The van der Waals surface area contributed by atoms with Crippen molar-refractivity contribution >= 4 is 72.7 Å². The topological polar surface area (TPSA) is 118 Å². The number of Topliss-reactive ketones (excluding diaryl/α,β-unsaturated/α-hetero) is 1. The summed E-state index contributed by atoms with van der Waals surface area (Å²) >= 11 is 13.1. The first-order valence-electron chi connectivity index (χ1n) is 11.6. The SMILES string of the molecule is O=C(c1ccc(F)cc1)[C@H](CCCl)N(C(=O)c1ccc([N+](=O)[O-])cc1)N1C(=O)[C@H]2C[C@@H](Br)[C@@H](Br)C[C@H]2C1=O. The molecule has 1 aliphatic carbocycles. The zero-order valence-electron chi connectivity index (χ0n) is 19.6. The lowest BCUT2D eigenvalue weighted by Gasteiger charge is -2.36. The van der Waals surface area contributed by atoms with Crippen molar-refractivity contribution in [2.75, 3.05) is 5.88 Å². The summed E-state index contributed by atoms with van der Waals surface area (Å²) in [5, 5.41) is 12.7. The molecule has 5 atom stereocenters. The van der Waals surface area contributed by atoms with Gasteiger partial charge in [0.15, 0.2) is 5.78 Å². The number of carbonyl (C=O) groups excluding carboxylic acids is 4. The van der Waals surface area contributed by atoms with E-state index in [2.05, 4.69) is 31.9 Å². The molecule has 2 aromatic rings. The van der Waals surface area contributed by atoms with E-state index in [0.29, 0.717) is 12.8 Å². The van der Waals surface area contributed by atoms with E-state index in [-0.39, 0.29) is 38.8 Å². The first-order chi connectivity index (χ1) is 18.0. The number of nitrogens with zero attached hydrogens (tertiary/aromatic N) is 3. The van der Waals surface area contributed by atoms with Crippen LogP contribution in [-0.4, -0.2) is 60.0 Å². The second-order valence-electron chi connectivity index (χ2n) is 9.02. The number of hydrogen-bond acceptors (Lipinski definition) is 6. The van der Waals surface area contributed by atoms with Crippen molar-refractivity contribution in [2.24, 2.45) is 11.8 Å². The highest BCUT2D eigenvalue weighted by Crippen LogP contribution is 2.44. The van der Waals surface area contributed by atoms with Gasteiger partial charge in [-0.3, -0.25) is 29.3 Å². The van der Waals surface area contributed by atoms with Gasteiger partial charge in [0.2, 0.25) is 0 Å². The predicted octanol–water partition coefficient (Wildman–Crippen LogP) is 4.89. The maximum atomic E-state index is 13.9. The van der Waals surface area contributed by atoms with Crippen LogP contribution in [0.15, 0.2) is 48.5 Å². The Morgan fingerprint density at radius 3 is 1.97 bits per heavy atom. The molecular formula is C25H21Br2ClFN3O6. The molecule has 0 aromatic heterocycles. The monoisotopic (exact) mass is 671 g/mol. The Morgan fingerprint density at radius 1 is 1.00 bits per heavy atom. The van der Waals surface area contributed by atoms with E-state index in [9.17, 15) is 33.7 Å². The maximum Gasteiger partial charge on any atom is 0.273 e. The van der Waals surface area contributed by atoms with E-state index < -0.39 is 52.1 Å². The summed E-state index contributed by atoms with van der Waals surface area (Å²) in [6.45, 7) is 0. The van der Waals surface area contributed by atoms with E-state index in [1.165, 1.54) is 24.3 Å². The van der Waals surface area contributed by atoms with E-state index in [0.717, 1.165) is 34.3 Å². The van der Waals surface area contributed by atoms with Crippen LogP contribution in [0.3, 0.4) is 0 Å². The number of hydrogen-bond donors (Lipinski definition) is 0. The summed E-state index contributed by atoms with van der Waals surface area (Å²) < 4.78 is 13.5. The molecule has 1 aliphatic heterocycles. The molecule has 2 aromatic carbocycles. The second kappa shape index (κ2) is 11.6. The van der Waals surface area contributed by atoms with Gasteiger partial charge in [-0.1, -0.05) is 31.9 Å². The number of benzene rings is 2. The molecule has 0 radical (unpaired) electrons. The molecule has 2 aliphatic rings. The van der Waals surface area contributed by atoms with Gasteiger partial charge >= 0.3 is 0 Å². The van der Waals surface area contributed by atoms with Crippen LogP contribution in [0.5, 0.6) is 0 Å². The van der Waals surface area contributed by atoms with Gasteiger partial charge in [0.1, 0.15) is 11.9 Å². The van der Waals surface area contributed by atoms with Crippen molar-refractivity contribution < 1.29 is 28.5 Å². The third-order valence-electron chi connectivity index (χ3n) is 6.75. The minimum atomic E-state index is -1.38. The number of non-ortho nitro benzene ring substituents is 1. The van der Waals surface area contributed by atoms with Gasteiger partial charge in [0.25, 0.3) is 23.4 Å². The zero-order valence-corrected chi connectivity index (χ0v) is 23.6. The van der Waals surface area contributed by atoms with E-state index in [1.54, 1.807) is 0 Å². The Balaban J connectivity index is 1.80. The molecular weight excluding hydrogens is 653 g/mol. The Bertz CT molecular complexity index is 1250. The van der Waals surface area contributed by atoms with E-state index in [4.69, 9.17) is 11.6 Å². The first kappa shape index (κ1) is 28.3. The molecule has 0 bridgehead atoms. The summed E-state index contributed by atoms with van der Waals surface area (Å²) in [4.78, 5) is 65.1. The molecule has 0 spiro atoms. The number of halogens is 4. The number of carbonyl (C=O) groups is 4. The van der Waals surface area contributed by atoms with Crippen molar-refractivity contribution in [3.63, 3.8) is 0 Å². The van der Waals surface area contributed by atoms with Crippen molar-refractivity contribution in [3.8, 4) is 0 Å². The molecule has 3 amide bonds. The Hall–Kier alpha value is -2.70. The highest BCUT2D eigenvalue weighted by molar-refractivity contribution is 9.12. The lowest BCUT2D eigenvalue weighted by Crippen LogP contribution is -2.57. The van der Waals surface area contributed by atoms with Crippen LogP contribution in [0.2, 0.25) is 0 Å². The summed E-state index contributed by atoms with van der Waals surface area (Å²) in [6.07, 6.45) is 0.561. The van der Waals surface area contributed by atoms with E-state index >= 15 is 0 Å². The van der Waals surface area contributed by atoms with Crippen LogP contribution < -0.4 is 0 Å². The standard InChI is InChI=1S/C25H21Br2ClFN3O6/c26-19-11-17-18(12-20(19)27)25(36)31(24(17)35)30(23(34)14-3-7-16(8-4-14)32(37)38)21(9-10-28)22(33)13-1-5-15(29)6-2-13/h1-8,17-21H,9-12H2/t17-,18+,19+,20-,21-/m0/s1. The second-order valence-corrected chi connectivity index (χ2v) is 11.8. The average Bonchev–Trinajstić information content (AvgIpc) is 3.13. The molecule has 13 heteroatoms. The van der Waals surface area contributed by atoms with Crippen LogP contribution in [0.25, 0.3) is 0 Å². The number of alkyl halides is 3. The average molecular weight is 674 g/mol. The van der Waals surface area contributed by atoms with Crippen LogP contribution in [0.1, 0.15) is 40.0 Å². The van der Waals surface area contributed by atoms with Crippen LogP contribution in [-0.2, 0) is 9.59 Å². The number of fused-ring (bicyclic) bond motifs is 1. The lowest BCUT2D eigenvalue weighted by molar-refractivity contribution is -0.384. The molecule has 0 N–H and O–H groups in total. The number of imide groups is 1. The molecule has 1 saturated carbocycles. The Labute approximate surface area is 238 Å². The number of ketones is 1. The van der Waals surface area contributed by atoms with E-state index in [1.807, 2.05) is 0 Å². The fourth-order valence-electron chi connectivity index (χ4n) is 4.79. The van der Waals surface area contributed by atoms with Gasteiger partial charge < -0.3 is 0 Å². The normalized spacial score (nSPS) is 23.6. The van der Waals surface area contributed by atoms with Gasteiger partial charge in [-0.15, -0.1) is 11.6 Å². The lowest BCUT2D eigenvalue weighted by atomic mass is 9.81. The molecule has 9 nitrogen and oxygen atoms in total. The summed E-state index contributed by atoms with van der Waals surface area (Å²) in [7, 11) is 0. The highest BCUT2D eigenvalue weighted by Gasteiger charge is 2.56. The largest absolute Gasteiger partial charge is 0.292 e. The van der Waals surface area contributed by atoms with Gasteiger partial charge in [0, 0.05) is 38.8 Å². The van der Waals surface area contributed by atoms with Crippen LogP contribution in [0.4, 0.5) is 10.1 Å². The van der Waals surface area contributed by atoms with Gasteiger partial charge in [0.05, 0.1) is 16.8 Å². The Morgan fingerprint density at radius 2 is 1.50 bits per heavy atom. The smallest absolute Gasteiger partial charge is 0.273 e. The van der Waals surface area contributed by atoms with Crippen molar-refractivity contribution in [2.45, 2.75) is 35.0 Å². The first-order valence-corrected chi connectivity index (χ1v) is 14.0. The summed E-state index contributed by atoms with van der Waals surface area (Å²) in [6, 6.07) is 7.87. The molecule has 4 rings (SSSR count). The summed E-state index contributed by atoms with van der Waals surface area (Å²) in [5.41, 5.74) is -0.284. The minimum absolute atomic E-state index is 0.0561.